The van der Waals surface area contributed by atoms with E-state index in [9.17, 15) is 0 Å². The highest BCUT2D eigenvalue weighted by Gasteiger charge is 2.09. The summed E-state index contributed by atoms with van der Waals surface area (Å²) in [6.45, 7) is 9.65. The molecule has 1 unspecified atom stereocenters. The summed E-state index contributed by atoms with van der Waals surface area (Å²) in [5.41, 5.74) is 8.08. The van der Waals surface area contributed by atoms with E-state index in [2.05, 4.69) is 6.58 Å². The van der Waals surface area contributed by atoms with E-state index in [1.807, 2.05) is 39.0 Å². The third-order valence-electron chi connectivity index (χ3n) is 2.30. The summed E-state index contributed by atoms with van der Waals surface area (Å²) in [6, 6.07) is 6.06. The van der Waals surface area contributed by atoms with E-state index in [0.29, 0.717) is 0 Å². The third kappa shape index (κ3) is 3.10. The van der Waals surface area contributed by atoms with Gasteiger partial charge in [0, 0.05) is 11.6 Å². The van der Waals surface area contributed by atoms with Crippen LogP contribution < -0.4 is 10.5 Å². The van der Waals surface area contributed by atoms with Gasteiger partial charge >= 0.3 is 0 Å². The molecule has 0 saturated carbocycles. The van der Waals surface area contributed by atoms with Gasteiger partial charge in [0.05, 0.1) is 0 Å². The molecular weight excluding hydrogens is 186 g/mol. The average molecular weight is 205 g/mol. The van der Waals surface area contributed by atoms with Crippen molar-refractivity contribution in [2.45, 2.75) is 32.9 Å². The van der Waals surface area contributed by atoms with Gasteiger partial charge < -0.3 is 10.5 Å². The van der Waals surface area contributed by atoms with Crippen molar-refractivity contribution in [2.24, 2.45) is 5.73 Å². The molecule has 0 heterocycles. The fourth-order valence-corrected chi connectivity index (χ4v) is 1.37. The molecule has 2 nitrogen and oxygen atoms in total. The Labute approximate surface area is 91.7 Å². The first kappa shape index (κ1) is 11.8. The molecule has 2 heteroatoms. The summed E-state index contributed by atoms with van der Waals surface area (Å²) in [6.07, 6.45) is 1.78. The summed E-state index contributed by atoms with van der Waals surface area (Å²) in [7, 11) is 0. The number of ether oxygens (including phenoxy) is 1. The minimum absolute atomic E-state index is 0.00398. The summed E-state index contributed by atoms with van der Waals surface area (Å²) in [5, 5.41) is 0. The average Bonchev–Trinajstić information content (AvgIpc) is 2.17. The molecule has 2 N–H and O–H groups in total. The number of hydrogen-bond acceptors (Lipinski definition) is 2. The third-order valence-corrected chi connectivity index (χ3v) is 2.30. The van der Waals surface area contributed by atoms with Crippen LogP contribution in [0.2, 0.25) is 0 Å². The molecule has 1 aromatic carbocycles. The predicted molar refractivity (Wildman–Crippen MR) is 64.1 cm³/mol. The second-order valence-electron chi connectivity index (χ2n) is 3.89. The van der Waals surface area contributed by atoms with Crippen LogP contribution in [0, 0.1) is 6.92 Å². The van der Waals surface area contributed by atoms with Crippen molar-refractivity contribution in [3.8, 4) is 5.75 Å². The lowest BCUT2D eigenvalue weighted by Gasteiger charge is -2.17. The van der Waals surface area contributed by atoms with Gasteiger partial charge in [0.25, 0.3) is 0 Å². The van der Waals surface area contributed by atoms with Crippen molar-refractivity contribution >= 4 is 0 Å². The Morgan fingerprint density at radius 1 is 1.40 bits per heavy atom. The van der Waals surface area contributed by atoms with Crippen molar-refractivity contribution in [3.05, 3.63) is 42.0 Å². The second kappa shape index (κ2) is 4.99. The largest absolute Gasteiger partial charge is 0.486 e. The van der Waals surface area contributed by atoms with E-state index in [-0.39, 0.29) is 12.1 Å². The van der Waals surface area contributed by atoms with Crippen LogP contribution in [0.15, 0.2) is 30.9 Å². The van der Waals surface area contributed by atoms with Crippen LogP contribution in [0.3, 0.4) is 0 Å². The van der Waals surface area contributed by atoms with Crippen LogP contribution in [0.5, 0.6) is 5.75 Å². The normalized spacial score (nSPS) is 14.4. The maximum absolute atomic E-state index is 5.88. The molecule has 0 aliphatic rings. The molecule has 0 aromatic heterocycles. The standard InChI is InChI=1S/C13H19NO/c1-5-10(3)15-13-8-9(2)6-7-12(13)11(4)14/h5-8,10-11H,1,14H2,2-4H3/t10?,11-/m1/s1. The molecule has 0 fully saturated rings. The molecule has 0 saturated heterocycles. The van der Waals surface area contributed by atoms with Crippen LogP contribution in [0.25, 0.3) is 0 Å². The maximum atomic E-state index is 5.88. The zero-order valence-corrected chi connectivity index (χ0v) is 9.66. The Morgan fingerprint density at radius 3 is 2.60 bits per heavy atom. The SMILES string of the molecule is C=CC(C)Oc1cc(C)ccc1[C@@H](C)N. The lowest BCUT2D eigenvalue weighted by molar-refractivity contribution is 0.266. The fraction of sp³-hybridized carbons (Fsp3) is 0.385. The number of nitrogens with two attached hydrogens (primary N) is 1. The van der Waals surface area contributed by atoms with E-state index >= 15 is 0 Å². The van der Waals surface area contributed by atoms with Gasteiger partial charge in [0.15, 0.2) is 0 Å². The Bertz CT molecular complexity index is 344. The Morgan fingerprint density at radius 2 is 2.07 bits per heavy atom. The maximum Gasteiger partial charge on any atom is 0.125 e. The van der Waals surface area contributed by atoms with Gasteiger partial charge in [-0.15, -0.1) is 0 Å². The molecule has 0 spiro atoms. The minimum atomic E-state index is -0.0161. The van der Waals surface area contributed by atoms with Crippen molar-refractivity contribution in [3.63, 3.8) is 0 Å². The molecule has 0 amide bonds. The first-order valence-electron chi connectivity index (χ1n) is 5.20. The molecule has 15 heavy (non-hydrogen) atoms. The quantitative estimate of drug-likeness (QED) is 0.767. The fourth-order valence-electron chi connectivity index (χ4n) is 1.37. The molecule has 0 aliphatic heterocycles. The molecule has 2 atom stereocenters. The van der Waals surface area contributed by atoms with Crippen molar-refractivity contribution < 1.29 is 4.74 Å². The van der Waals surface area contributed by atoms with Crippen molar-refractivity contribution in [2.75, 3.05) is 0 Å². The van der Waals surface area contributed by atoms with Gasteiger partial charge in [-0.3, -0.25) is 0 Å². The van der Waals surface area contributed by atoms with Crippen molar-refractivity contribution in [1.29, 1.82) is 0 Å². The summed E-state index contributed by atoms with van der Waals surface area (Å²) in [5.74, 6) is 0.859. The lowest BCUT2D eigenvalue weighted by atomic mass is 10.1. The number of hydrogen-bond donors (Lipinski definition) is 1. The van der Waals surface area contributed by atoms with Crippen LogP contribution in [0.4, 0.5) is 0 Å². The van der Waals surface area contributed by atoms with Crippen LogP contribution in [-0.2, 0) is 0 Å². The van der Waals surface area contributed by atoms with Crippen LogP contribution in [0.1, 0.15) is 31.0 Å². The molecule has 0 radical (unpaired) electrons. The summed E-state index contributed by atoms with van der Waals surface area (Å²) >= 11 is 0. The van der Waals surface area contributed by atoms with Gasteiger partial charge in [-0.05, 0) is 32.4 Å². The molecule has 0 aliphatic carbocycles. The molecule has 1 aromatic rings. The van der Waals surface area contributed by atoms with Gasteiger partial charge in [-0.25, -0.2) is 0 Å². The van der Waals surface area contributed by atoms with E-state index in [1.165, 1.54) is 5.56 Å². The van der Waals surface area contributed by atoms with Gasteiger partial charge in [-0.2, -0.15) is 0 Å². The predicted octanol–water partition coefficient (Wildman–Crippen LogP) is 2.97. The highest BCUT2D eigenvalue weighted by atomic mass is 16.5. The van der Waals surface area contributed by atoms with Gasteiger partial charge in [0.1, 0.15) is 11.9 Å². The van der Waals surface area contributed by atoms with E-state index in [0.717, 1.165) is 11.3 Å². The summed E-state index contributed by atoms with van der Waals surface area (Å²) in [4.78, 5) is 0. The number of rotatable bonds is 4. The monoisotopic (exact) mass is 205 g/mol. The molecule has 82 valence electrons. The van der Waals surface area contributed by atoms with Crippen LogP contribution in [-0.4, -0.2) is 6.10 Å². The Hall–Kier alpha value is -1.28. The van der Waals surface area contributed by atoms with Gasteiger partial charge in [0.2, 0.25) is 0 Å². The Balaban J connectivity index is 3.01. The zero-order valence-electron chi connectivity index (χ0n) is 9.66. The zero-order chi connectivity index (χ0) is 11.4. The highest BCUT2D eigenvalue weighted by molar-refractivity contribution is 5.39. The van der Waals surface area contributed by atoms with E-state index < -0.39 is 0 Å². The summed E-state index contributed by atoms with van der Waals surface area (Å²) < 4.78 is 5.74. The second-order valence-corrected chi connectivity index (χ2v) is 3.89. The molecular formula is C13H19NO. The smallest absolute Gasteiger partial charge is 0.125 e. The topological polar surface area (TPSA) is 35.2 Å². The van der Waals surface area contributed by atoms with E-state index in [4.69, 9.17) is 10.5 Å². The van der Waals surface area contributed by atoms with Gasteiger partial charge in [-0.1, -0.05) is 24.8 Å². The number of aryl methyl sites for hydroxylation is 1. The minimum Gasteiger partial charge on any atom is -0.486 e. The first-order valence-corrected chi connectivity index (χ1v) is 5.20. The number of benzene rings is 1. The van der Waals surface area contributed by atoms with Crippen LogP contribution >= 0.6 is 0 Å². The Kier molecular flexibility index (Phi) is 3.92. The molecule has 0 bridgehead atoms. The first-order chi connectivity index (χ1) is 7.04. The van der Waals surface area contributed by atoms with Crippen molar-refractivity contribution in [1.82, 2.24) is 0 Å². The molecule has 1 rings (SSSR count). The van der Waals surface area contributed by atoms with E-state index in [1.54, 1.807) is 6.08 Å². The highest BCUT2D eigenvalue weighted by Crippen LogP contribution is 2.26. The lowest BCUT2D eigenvalue weighted by Crippen LogP contribution is -2.13.